The van der Waals surface area contributed by atoms with E-state index in [1.165, 1.54) is 0 Å². The molecule has 0 fully saturated rings. The molecule has 1 aromatic carbocycles. The van der Waals surface area contributed by atoms with Gasteiger partial charge in [-0.05, 0) is 18.1 Å². The maximum Gasteiger partial charge on any atom is 0.0981 e. The molecule has 62 valence electrons. The largest absolute Gasteiger partial charge is 0.471 e. The Hall–Kier alpha value is -1.28. The standard InChI is InChI=1S/C10H10O2/c11-4-3-8-1-2-9-6-12-7-10(9)5-8/h1-2,5-7,11H,3-4H2. The first kappa shape index (κ1) is 7.37. The summed E-state index contributed by atoms with van der Waals surface area (Å²) in [6.45, 7) is 0.198. The van der Waals surface area contributed by atoms with Gasteiger partial charge in [0.25, 0.3) is 0 Å². The fraction of sp³-hybridized carbons (Fsp3) is 0.200. The Kier molecular flexibility index (Phi) is 1.84. The van der Waals surface area contributed by atoms with E-state index in [0.29, 0.717) is 6.42 Å². The van der Waals surface area contributed by atoms with E-state index in [-0.39, 0.29) is 6.61 Å². The Morgan fingerprint density at radius 2 is 2.00 bits per heavy atom. The lowest BCUT2D eigenvalue weighted by atomic mass is 10.1. The van der Waals surface area contributed by atoms with Crippen molar-refractivity contribution in [2.45, 2.75) is 6.42 Å². The van der Waals surface area contributed by atoms with Crippen LogP contribution >= 0.6 is 0 Å². The molecule has 0 atom stereocenters. The van der Waals surface area contributed by atoms with Crippen molar-refractivity contribution >= 4 is 10.8 Å². The van der Waals surface area contributed by atoms with Crippen LogP contribution in [0.5, 0.6) is 0 Å². The van der Waals surface area contributed by atoms with E-state index in [1.54, 1.807) is 12.5 Å². The number of rotatable bonds is 2. The van der Waals surface area contributed by atoms with Crippen LogP contribution in [0.25, 0.3) is 10.8 Å². The first-order valence-electron chi connectivity index (χ1n) is 3.96. The third-order valence-corrected chi connectivity index (χ3v) is 1.94. The van der Waals surface area contributed by atoms with Crippen LogP contribution in [0.1, 0.15) is 5.56 Å². The number of aliphatic hydroxyl groups is 1. The molecule has 0 aliphatic rings. The second-order valence-corrected chi connectivity index (χ2v) is 2.81. The minimum Gasteiger partial charge on any atom is -0.471 e. The smallest absolute Gasteiger partial charge is 0.0981 e. The van der Waals surface area contributed by atoms with Crippen LogP contribution in [0, 0.1) is 0 Å². The van der Waals surface area contributed by atoms with Gasteiger partial charge in [0.2, 0.25) is 0 Å². The van der Waals surface area contributed by atoms with E-state index in [9.17, 15) is 0 Å². The van der Waals surface area contributed by atoms with Gasteiger partial charge < -0.3 is 9.52 Å². The lowest BCUT2D eigenvalue weighted by Gasteiger charge is -1.96. The van der Waals surface area contributed by atoms with Gasteiger partial charge in [-0.1, -0.05) is 12.1 Å². The third kappa shape index (κ3) is 1.21. The van der Waals surface area contributed by atoms with Crippen molar-refractivity contribution in [1.82, 2.24) is 0 Å². The van der Waals surface area contributed by atoms with Crippen LogP contribution in [0.15, 0.2) is 35.1 Å². The van der Waals surface area contributed by atoms with Gasteiger partial charge in [-0.3, -0.25) is 0 Å². The molecule has 2 aromatic rings. The number of hydrogen-bond donors (Lipinski definition) is 1. The molecule has 2 rings (SSSR count). The third-order valence-electron chi connectivity index (χ3n) is 1.94. The van der Waals surface area contributed by atoms with E-state index in [1.807, 2.05) is 18.2 Å². The zero-order valence-electron chi connectivity index (χ0n) is 6.66. The van der Waals surface area contributed by atoms with Crippen molar-refractivity contribution in [3.05, 3.63) is 36.3 Å². The molecule has 0 saturated heterocycles. The summed E-state index contributed by atoms with van der Waals surface area (Å²) in [5.41, 5.74) is 1.14. The van der Waals surface area contributed by atoms with Gasteiger partial charge in [0, 0.05) is 17.4 Å². The summed E-state index contributed by atoms with van der Waals surface area (Å²) >= 11 is 0. The Balaban J connectivity index is 2.46. The SMILES string of the molecule is OCCc1ccc2cocc2c1. The number of fused-ring (bicyclic) bond motifs is 1. The van der Waals surface area contributed by atoms with Gasteiger partial charge >= 0.3 is 0 Å². The summed E-state index contributed by atoms with van der Waals surface area (Å²) in [5.74, 6) is 0. The zero-order chi connectivity index (χ0) is 8.39. The molecule has 2 heteroatoms. The maximum atomic E-state index is 8.72. The van der Waals surface area contributed by atoms with Crippen molar-refractivity contribution in [2.24, 2.45) is 0 Å². The van der Waals surface area contributed by atoms with Crippen LogP contribution < -0.4 is 0 Å². The van der Waals surface area contributed by atoms with E-state index >= 15 is 0 Å². The fourth-order valence-corrected chi connectivity index (χ4v) is 1.30. The summed E-state index contributed by atoms with van der Waals surface area (Å²) in [5, 5.41) is 10.9. The number of aliphatic hydroxyl groups excluding tert-OH is 1. The molecule has 0 saturated carbocycles. The first-order chi connectivity index (χ1) is 5.90. The molecule has 1 heterocycles. The van der Waals surface area contributed by atoms with E-state index < -0.39 is 0 Å². The minimum atomic E-state index is 0.198. The minimum absolute atomic E-state index is 0.198. The van der Waals surface area contributed by atoms with Crippen LogP contribution in [-0.4, -0.2) is 11.7 Å². The average molecular weight is 162 g/mol. The van der Waals surface area contributed by atoms with Crippen LogP contribution in [0.3, 0.4) is 0 Å². The van der Waals surface area contributed by atoms with Crippen molar-refractivity contribution in [3.8, 4) is 0 Å². The summed E-state index contributed by atoms with van der Waals surface area (Å²) in [4.78, 5) is 0. The predicted molar refractivity (Wildman–Crippen MR) is 47.0 cm³/mol. The van der Waals surface area contributed by atoms with E-state index in [0.717, 1.165) is 16.3 Å². The molecule has 12 heavy (non-hydrogen) atoms. The molecule has 0 amide bonds. The molecule has 0 radical (unpaired) electrons. The molecular formula is C10H10O2. The molecule has 0 aliphatic carbocycles. The number of benzene rings is 1. The predicted octanol–water partition coefficient (Wildman–Crippen LogP) is 1.97. The Bertz CT molecular complexity index is 376. The van der Waals surface area contributed by atoms with Crippen molar-refractivity contribution in [3.63, 3.8) is 0 Å². The van der Waals surface area contributed by atoms with Gasteiger partial charge in [0.15, 0.2) is 0 Å². The highest BCUT2D eigenvalue weighted by Crippen LogP contribution is 2.16. The molecule has 1 aromatic heterocycles. The monoisotopic (exact) mass is 162 g/mol. The molecule has 0 bridgehead atoms. The molecule has 0 aliphatic heterocycles. The highest BCUT2D eigenvalue weighted by Gasteiger charge is 1.96. The Morgan fingerprint density at radius 3 is 2.83 bits per heavy atom. The van der Waals surface area contributed by atoms with Gasteiger partial charge in [-0.25, -0.2) is 0 Å². The van der Waals surface area contributed by atoms with Crippen LogP contribution in [0.2, 0.25) is 0 Å². The lowest BCUT2D eigenvalue weighted by molar-refractivity contribution is 0.299. The van der Waals surface area contributed by atoms with Gasteiger partial charge in [-0.2, -0.15) is 0 Å². The second-order valence-electron chi connectivity index (χ2n) is 2.81. The molecule has 0 unspecified atom stereocenters. The molecular weight excluding hydrogens is 152 g/mol. The molecule has 0 spiro atoms. The average Bonchev–Trinajstić information content (AvgIpc) is 2.51. The number of hydrogen-bond acceptors (Lipinski definition) is 2. The van der Waals surface area contributed by atoms with Crippen LogP contribution in [0.4, 0.5) is 0 Å². The summed E-state index contributed by atoms with van der Waals surface area (Å²) < 4.78 is 5.04. The van der Waals surface area contributed by atoms with E-state index in [4.69, 9.17) is 9.52 Å². The zero-order valence-corrected chi connectivity index (χ0v) is 6.66. The summed E-state index contributed by atoms with van der Waals surface area (Å²) in [6.07, 6.45) is 4.15. The normalized spacial score (nSPS) is 10.8. The highest BCUT2D eigenvalue weighted by molar-refractivity contribution is 5.81. The van der Waals surface area contributed by atoms with Gasteiger partial charge in [0.1, 0.15) is 0 Å². The highest BCUT2D eigenvalue weighted by atomic mass is 16.3. The Morgan fingerprint density at radius 1 is 1.17 bits per heavy atom. The molecule has 1 N–H and O–H groups in total. The van der Waals surface area contributed by atoms with E-state index in [2.05, 4.69) is 0 Å². The van der Waals surface area contributed by atoms with Crippen molar-refractivity contribution < 1.29 is 9.52 Å². The summed E-state index contributed by atoms with van der Waals surface area (Å²) in [7, 11) is 0. The second kappa shape index (κ2) is 2.99. The number of furan rings is 1. The maximum absolute atomic E-state index is 8.72. The fourth-order valence-electron chi connectivity index (χ4n) is 1.30. The Labute approximate surface area is 70.4 Å². The van der Waals surface area contributed by atoms with Crippen molar-refractivity contribution in [1.29, 1.82) is 0 Å². The summed E-state index contributed by atoms with van der Waals surface area (Å²) in [6, 6.07) is 6.05. The van der Waals surface area contributed by atoms with Gasteiger partial charge in [-0.15, -0.1) is 0 Å². The van der Waals surface area contributed by atoms with Crippen LogP contribution in [-0.2, 0) is 6.42 Å². The quantitative estimate of drug-likeness (QED) is 0.732. The van der Waals surface area contributed by atoms with Crippen molar-refractivity contribution in [2.75, 3.05) is 6.61 Å². The molecule has 2 nitrogen and oxygen atoms in total. The van der Waals surface area contributed by atoms with Gasteiger partial charge in [0.05, 0.1) is 12.5 Å². The first-order valence-corrected chi connectivity index (χ1v) is 3.96. The lowest BCUT2D eigenvalue weighted by Crippen LogP contribution is -1.88. The topological polar surface area (TPSA) is 33.4 Å².